The van der Waals surface area contributed by atoms with Gasteiger partial charge in [0.1, 0.15) is 10.3 Å². The number of aliphatic carboxylic acids is 1. The first-order chi connectivity index (χ1) is 11.4. The Bertz CT molecular complexity index is 716. The first kappa shape index (κ1) is 17.4. The van der Waals surface area contributed by atoms with Gasteiger partial charge in [-0.05, 0) is 43.6 Å². The van der Waals surface area contributed by atoms with E-state index in [1.165, 1.54) is 4.31 Å². The van der Waals surface area contributed by atoms with Gasteiger partial charge < -0.3 is 10.4 Å². The highest BCUT2D eigenvalue weighted by Crippen LogP contribution is 2.30. The van der Waals surface area contributed by atoms with Crippen LogP contribution in [0, 0.1) is 5.92 Å². The molecule has 2 N–H and O–H groups in total. The molecule has 2 fully saturated rings. The topological polar surface area (TPSA) is 104 Å². The standard InChI is InChI=1S/C15H20N2O5S2/c18-14(16-11-6-5-10(9-11)15(19)20)12-3-1-7-17(12)24(21,22)13-4-2-8-23-13/h2,4,8,10-12H,1,3,5-7,9H2,(H,16,18)(H,19,20)/t10-,11+,12?/m0/s1. The van der Waals surface area contributed by atoms with Crippen LogP contribution in [0.1, 0.15) is 32.1 Å². The Morgan fingerprint density at radius 2 is 2.08 bits per heavy atom. The van der Waals surface area contributed by atoms with E-state index in [0.717, 1.165) is 11.3 Å². The summed E-state index contributed by atoms with van der Waals surface area (Å²) in [5, 5.41) is 13.6. The molecule has 3 atom stereocenters. The van der Waals surface area contributed by atoms with Crippen LogP contribution in [-0.4, -0.2) is 48.3 Å². The molecule has 1 saturated heterocycles. The fraction of sp³-hybridized carbons (Fsp3) is 0.600. The number of carboxylic acids is 1. The second kappa shape index (κ2) is 6.81. The highest BCUT2D eigenvalue weighted by atomic mass is 32.2. The van der Waals surface area contributed by atoms with Crippen LogP contribution < -0.4 is 5.32 Å². The lowest BCUT2D eigenvalue weighted by Crippen LogP contribution is -2.48. The Morgan fingerprint density at radius 1 is 1.29 bits per heavy atom. The summed E-state index contributed by atoms with van der Waals surface area (Å²) in [5.74, 6) is -1.58. The number of carbonyl (C=O) groups is 2. The van der Waals surface area contributed by atoms with E-state index in [-0.39, 0.29) is 16.2 Å². The summed E-state index contributed by atoms with van der Waals surface area (Å²) in [6, 6.07) is 2.32. The van der Waals surface area contributed by atoms with Crippen LogP contribution in [0.15, 0.2) is 21.7 Å². The number of nitrogens with zero attached hydrogens (tertiary/aromatic N) is 1. The number of nitrogens with one attached hydrogen (secondary N) is 1. The third-order valence-corrected chi connectivity index (χ3v) is 7.97. The maximum atomic E-state index is 12.7. The molecule has 24 heavy (non-hydrogen) atoms. The normalized spacial score (nSPS) is 28.1. The predicted molar refractivity (Wildman–Crippen MR) is 88.1 cm³/mol. The minimum absolute atomic E-state index is 0.189. The number of carboxylic acid groups (broad SMARTS) is 1. The Labute approximate surface area is 144 Å². The van der Waals surface area contributed by atoms with Gasteiger partial charge in [0.15, 0.2) is 0 Å². The van der Waals surface area contributed by atoms with Crippen LogP contribution in [0.3, 0.4) is 0 Å². The Morgan fingerprint density at radius 3 is 2.71 bits per heavy atom. The Kier molecular flexibility index (Phi) is 4.93. The molecule has 1 aromatic rings. The summed E-state index contributed by atoms with van der Waals surface area (Å²) in [6.07, 6.45) is 2.71. The number of rotatable bonds is 5. The SMILES string of the molecule is O=C(N[C@@H]1CC[C@H](C(=O)O)C1)C1CCCN1S(=O)(=O)c1cccs1. The molecule has 9 heteroatoms. The summed E-state index contributed by atoms with van der Waals surface area (Å²) in [4.78, 5) is 23.5. The van der Waals surface area contributed by atoms with Crippen molar-refractivity contribution in [3.8, 4) is 0 Å². The van der Waals surface area contributed by atoms with Crippen LogP contribution in [0.5, 0.6) is 0 Å². The summed E-state index contributed by atoms with van der Waals surface area (Å²) in [5.41, 5.74) is 0. The lowest BCUT2D eigenvalue weighted by molar-refractivity contribution is -0.141. The average molecular weight is 372 g/mol. The molecule has 0 aromatic carbocycles. The Balaban J connectivity index is 1.67. The van der Waals surface area contributed by atoms with Crippen molar-refractivity contribution in [2.75, 3.05) is 6.54 Å². The molecule has 7 nitrogen and oxygen atoms in total. The molecule has 1 amide bonds. The maximum absolute atomic E-state index is 12.7. The van der Waals surface area contributed by atoms with Gasteiger partial charge in [0, 0.05) is 12.6 Å². The summed E-state index contributed by atoms with van der Waals surface area (Å²) in [6.45, 7) is 0.334. The van der Waals surface area contributed by atoms with Crippen LogP contribution in [-0.2, 0) is 19.6 Å². The first-order valence-electron chi connectivity index (χ1n) is 7.98. The van der Waals surface area contributed by atoms with Crippen molar-refractivity contribution in [1.29, 1.82) is 0 Å². The Hall–Kier alpha value is -1.45. The summed E-state index contributed by atoms with van der Waals surface area (Å²) in [7, 11) is -3.65. The summed E-state index contributed by atoms with van der Waals surface area (Å²) >= 11 is 1.14. The fourth-order valence-corrected chi connectivity index (χ4v) is 6.23. The second-order valence-electron chi connectivity index (χ2n) is 6.26. The smallest absolute Gasteiger partial charge is 0.306 e. The molecular weight excluding hydrogens is 352 g/mol. The van der Waals surface area contributed by atoms with Crippen molar-refractivity contribution in [3.63, 3.8) is 0 Å². The van der Waals surface area contributed by atoms with Gasteiger partial charge in [-0.25, -0.2) is 8.42 Å². The van der Waals surface area contributed by atoms with E-state index in [0.29, 0.717) is 38.6 Å². The molecule has 2 aliphatic rings. The fourth-order valence-electron chi connectivity index (χ4n) is 3.45. The average Bonchev–Trinajstić information content (AvgIpc) is 3.27. The van der Waals surface area contributed by atoms with E-state index in [1.54, 1.807) is 17.5 Å². The number of amides is 1. The largest absolute Gasteiger partial charge is 0.481 e. The van der Waals surface area contributed by atoms with Gasteiger partial charge in [-0.3, -0.25) is 9.59 Å². The molecule has 1 aliphatic heterocycles. The van der Waals surface area contributed by atoms with Crippen molar-refractivity contribution in [3.05, 3.63) is 17.5 Å². The highest BCUT2D eigenvalue weighted by molar-refractivity contribution is 7.91. The zero-order chi connectivity index (χ0) is 17.3. The van der Waals surface area contributed by atoms with E-state index < -0.39 is 28.0 Å². The molecule has 132 valence electrons. The van der Waals surface area contributed by atoms with Gasteiger partial charge in [0.05, 0.1) is 5.92 Å². The maximum Gasteiger partial charge on any atom is 0.306 e. The van der Waals surface area contributed by atoms with E-state index in [4.69, 9.17) is 5.11 Å². The van der Waals surface area contributed by atoms with E-state index >= 15 is 0 Å². The lowest BCUT2D eigenvalue weighted by Gasteiger charge is -2.24. The molecule has 1 saturated carbocycles. The van der Waals surface area contributed by atoms with Gasteiger partial charge in [-0.1, -0.05) is 6.07 Å². The molecule has 3 rings (SSSR count). The summed E-state index contributed by atoms with van der Waals surface area (Å²) < 4.78 is 26.9. The zero-order valence-corrected chi connectivity index (χ0v) is 14.7. The molecule has 1 aliphatic carbocycles. The van der Waals surface area contributed by atoms with Gasteiger partial charge in [-0.2, -0.15) is 4.31 Å². The molecule has 1 unspecified atom stereocenters. The highest BCUT2D eigenvalue weighted by Gasteiger charge is 2.41. The van der Waals surface area contributed by atoms with Gasteiger partial charge >= 0.3 is 5.97 Å². The zero-order valence-electron chi connectivity index (χ0n) is 13.1. The van der Waals surface area contributed by atoms with Crippen LogP contribution in [0.2, 0.25) is 0 Å². The van der Waals surface area contributed by atoms with Gasteiger partial charge in [-0.15, -0.1) is 11.3 Å². The number of thiophene rings is 1. The number of sulfonamides is 1. The van der Waals surface area contributed by atoms with Crippen LogP contribution in [0.25, 0.3) is 0 Å². The number of hydrogen-bond acceptors (Lipinski definition) is 5. The molecule has 0 radical (unpaired) electrons. The second-order valence-corrected chi connectivity index (χ2v) is 9.32. The number of hydrogen-bond donors (Lipinski definition) is 2. The molecule has 0 spiro atoms. The monoisotopic (exact) mass is 372 g/mol. The van der Waals surface area contributed by atoms with Crippen molar-refractivity contribution < 1.29 is 23.1 Å². The van der Waals surface area contributed by atoms with E-state index in [2.05, 4.69) is 5.32 Å². The van der Waals surface area contributed by atoms with Crippen LogP contribution in [0.4, 0.5) is 0 Å². The first-order valence-corrected chi connectivity index (χ1v) is 10.3. The number of carbonyl (C=O) groups excluding carboxylic acids is 1. The molecule has 0 bridgehead atoms. The third kappa shape index (κ3) is 3.33. The van der Waals surface area contributed by atoms with E-state index in [1.807, 2.05) is 0 Å². The molecular formula is C15H20N2O5S2. The molecule has 1 aromatic heterocycles. The van der Waals surface area contributed by atoms with Crippen molar-refractivity contribution >= 4 is 33.2 Å². The predicted octanol–water partition coefficient (Wildman–Crippen LogP) is 1.27. The van der Waals surface area contributed by atoms with Crippen molar-refractivity contribution in [1.82, 2.24) is 9.62 Å². The van der Waals surface area contributed by atoms with Gasteiger partial charge in [0.2, 0.25) is 5.91 Å². The minimum atomic E-state index is -3.65. The lowest BCUT2D eigenvalue weighted by atomic mass is 10.1. The van der Waals surface area contributed by atoms with Crippen molar-refractivity contribution in [2.45, 2.75) is 48.4 Å². The molecule has 2 heterocycles. The van der Waals surface area contributed by atoms with E-state index in [9.17, 15) is 18.0 Å². The minimum Gasteiger partial charge on any atom is -0.481 e. The van der Waals surface area contributed by atoms with Gasteiger partial charge in [0.25, 0.3) is 10.0 Å². The quantitative estimate of drug-likeness (QED) is 0.810. The van der Waals surface area contributed by atoms with Crippen molar-refractivity contribution in [2.24, 2.45) is 5.92 Å². The van der Waals surface area contributed by atoms with Crippen LogP contribution >= 0.6 is 11.3 Å². The third-order valence-electron chi connectivity index (χ3n) is 4.69.